The molecule has 1 fully saturated rings. The largest absolute Gasteiger partial charge is 0.507 e. The first-order chi connectivity index (χ1) is 16.9. The number of unbranched alkanes of at least 4 members (excludes halogenated alkanes) is 2. The fourth-order valence-electron chi connectivity index (χ4n) is 4.52. The SMILES string of the molecule is CCCCCOc1ccc(/C(O)=C2/C(=O)C(=O)N(CCN(CC)CC)C2c2ccccc2C)cc1. The van der Waals surface area contributed by atoms with Gasteiger partial charge in [-0.1, -0.05) is 57.9 Å². The molecule has 1 saturated heterocycles. The number of hydrogen-bond acceptors (Lipinski definition) is 5. The van der Waals surface area contributed by atoms with E-state index in [0.717, 1.165) is 43.5 Å². The Kier molecular flexibility index (Phi) is 9.49. The van der Waals surface area contributed by atoms with Crippen LogP contribution >= 0.6 is 0 Å². The molecule has 0 bridgehead atoms. The molecule has 2 aromatic carbocycles. The van der Waals surface area contributed by atoms with Crippen molar-refractivity contribution in [2.24, 2.45) is 0 Å². The average molecular weight is 479 g/mol. The first-order valence-electron chi connectivity index (χ1n) is 12.7. The molecule has 0 radical (unpaired) electrons. The van der Waals surface area contributed by atoms with Gasteiger partial charge in [0.05, 0.1) is 18.2 Å². The number of likely N-dealkylation sites (N-methyl/N-ethyl adjacent to an activating group) is 1. The molecule has 1 N–H and O–H groups in total. The number of likely N-dealkylation sites (tertiary alicyclic amines) is 1. The van der Waals surface area contributed by atoms with E-state index in [1.165, 1.54) is 0 Å². The molecule has 1 amide bonds. The summed E-state index contributed by atoms with van der Waals surface area (Å²) in [5.74, 6) is -0.648. The molecule has 6 nitrogen and oxygen atoms in total. The lowest BCUT2D eigenvalue weighted by Crippen LogP contribution is -2.38. The molecular formula is C29H38N2O4. The predicted molar refractivity (Wildman–Crippen MR) is 139 cm³/mol. The summed E-state index contributed by atoms with van der Waals surface area (Å²) in [5, 5.41) is 11.3. The Labute approximate surface area is 209 Å². The summed E-state index contributed by atoms with van der Waals surface area (Å²) in [7, 11) is 0. The lowest BCUT2D eigenvalue weighted by Gasteiger charge is -2.29. The second-order valence-corrected chi connectivity index (χ2v) is 8.96. The van der Waals surface area contributed by atoms with Crippen LogP contribution in [0.25, 0.3) is 5.76 Å². The van der Waals surface area contributed by atoms with Crippen LogP contribution in [0.1, 0.15) is 62.8 Å². The van der Waals surface area contributed by atoms with E-state index >= 15 is 0 Å². The Bertz CT molecular complexity index is 1040. The zero-order valence-electron chi connectivity index (χ0n) is 21.4. The first kappa shape index (κ1) is 26.5. The van der Waals surface area contributed by atoms with Crippen LogP contribution in [0.4, 0.5) is 0 Å². The number of nitrogens with zero attached hydrogens (tertiary/aromatic N) is 2. The average Bonchev–Trinajstić information content (AvgIpc) is 3.12. The van der Waals surface area contributed by atoms with Crippen molar-refractivity contribution < 1.29 is 19.4 Å². The topological polar surface area (TPSA) is 70.1 Å². The van der Waals surface area contributed by atoms with Gasteiger partial charge < -0.3 is 19.6 Å². The van der Waals surface area contributed by atoms with E-state index in [1.54, 1.807) is 29.2 Å². The fraction of sp³-hybridized carbons (Fsp3) is 0.448. The number of rotatable bonds is 12. The summed E-state index contributed by atoms with van der Waals surface area (Å²) in [5.41, 5.74) is 2.45. The minimum Gasteiger partial charge on any atom is -0.507 e. The summed E-state index contributed by atoms with van der Waals surface area (Å²) < 4.78 is 5.77. The van der Waals surface area contributed by atoms with Gasteiger partial charge in [-0.15, -0.1) is 0 Å². The zero-order chi connectivity index (χ0) is 25.4. The van der Waals surface area contributed by atoms with Gasteiger partial charge in [-0.25, -0.2) is 0 Å². The van der Waals surface area contributed by atoms with Crippen molar-refractivity contribution in [2.75, 3.05) is 32.8 Å². The number of carbonyl (C=O) groups is 2. The van der Waals surface area contributed by atoms with Gasteiger partial charge in [-0.2, -0.15) is 0 Å². The third kappa shape index (κ3) is 6.12. The van der Waals surface area contributed by atoms with Gasteiger partial charge in [0.15, 0.2) is 0 Å². The maximum atomic E-state index is 13.2. The van der Waals surface area contributed by atoms with Crippen molar-refractivity contribution in [2.45, 2.75) is 53.0 Å². The van der Waals surface area contributed by atoms with Gasteiger partial charge in [-0.05, 0) is 61.8 Å². The van der Waals surface area contributed by atoms with Crippen LogP contribution < -0.4 is 4.74 Å². The highest BCUT2D eigenvalue weighted by Gasteiger charge is 2.46. The van der Waals surface area contributed by atoms with Crippen LogP contribution in [0.3, 0.4) is 0 Å². The Balaban J connectivity index is 1.96. The van der Waals surface area contributed by atoms with E-state index in [2.05, 4.69) is 25.7 Å². The van der Waals surface area contributed by atoms with Crippen molar-refractivity contribution in [1.29, 1.82) is 0 Å². The molecule has 1 aliphatic rings. The number of aliphatic hydroxyl groups is 1. The summed E-state index contributed by atoms with van der Waals surface area (Å²) in [6.07, 6.45) is 3.24. The maximum absolute atomic E-state index is 13.2. The van der Waals surface area contributed by atoms with E-state index < -0.39 is 17.7 Å². The number of ether oxygens (including phenoxy) is 1. The van der Waals surface area contributed by atoms with Crippen molar-refractivity contribution in [3.63, 3.8) is 0 Å². The standard InChI is InChI=1S/C29H38N2O4/c1-5-8-11-20-35-23-16-14-22(15-17-23)27(32)25-26(24-13-10-9-12-21(24)4)31(29(34)28(25)33)19-18-30(6-2)7-3/h9-10,12-17,26,32H,5-8,11,18-20H2,1-4H3/b27-25-. The van der Waals surface area contributed by atoms with Crippen molar-refractivity contribution in [3.05, 3.63) is 70.8 Å². The smallest absolute Gasteiger partial charge is 0.295 e. The molecule has 1 aliphatic heterocycles. The second kappa shape index (κ2) is 12.5. The highest BCUT2D eigenvalue weighted by Crippen LogP contribution is 2.40. The number of carbonyl (C=O) groups excluding carboxylic acids is 2. The summed E-state index contributed by atoms with van der Waals surface area (Å²) >= 11 is 0. The van der Waals surface area contributed by atoms with Crippen LogP contribution in [-0.2, 0) is 9.59 Å². The Morgan fingerprint density at radius 3 is 2.31 bits per heavy atom. The van der Waals surface area contributed by atoms with Gasteiger partial charge in [0.2, 0.25) is 0 Å². The zero-order valence-corrected chi connectivity index (χ0v) is 21.4. The normalized spacial score (nSPS) is 17.4. The molecule has 35 heavy (non-hydrogen) atoms. The summed E-state index contributed by atoms with van der Waals surface area (Å²) in [6, 6.07) is 14.2. The first-order valence-corrected chi connectivity index (χ1v) is 12.7. The molecule has 1 atom stereocenters. The number of Topliss-reactive ketones (excluding diaryl/α,β-unsaturated/α-hetero) is 1. The van der Waals surface area contributed by atoms with Crippen LogP contribution in [0.15, 0.2) is 54.1 Å². The van der Waals surface area contributed by atoms with E-state index in [-0.39, 0.29) is 11.3 Å². The fourth-order valence-corrected chi connectivity index (χ4v) is 4.52. The van der Waals surface area contributed by atoms with Gasteiger partial charge in [0.1, 0.15) is 11.5 Å². The highest BCUT2D eigenvalue weighted by molar-refractivity contribution is 6.46. The molecule has 0 saturated carbocycles. The Hall–Kier alpha value is -3.12. The number of benzene rings is 2. The summed E-state index contributed by atoms with van der Waals surface area (Å²) in [6.45, 7) is 11.7. The van der Waals surface area contributed by atoms with Gasteiger partial charge in [0, 0.05) is 18.7 Å². The molecule has 1 unspecified atom stereocenters. The molecular weight excluding hydrogens is 440 g/mol. The molecule has 188 valence electrons. The molecule has 2 aromatic rings. The molecule has 0 aromatic heterocycles. The van der Waals surface area contributed by atoms with Gasteiger partial charge in [0.25, 0.3) is 11.7 Å². The molecule has 6 heteroatoms. The van der Waals surface area contributed by atoms with E-state index in [0.29, 0.717) is 31.0 Å². The van der Waals surface area contributed by atoms with Crippen LogP contribution in [0.2, 0.25) is 0 Å². The van der Waals surface area contributed by atoms with Gasteiger partial charge >= 0.3 is 0 Å². The van der Waals surface area contributed by atoms with Crippen LogP contribution in [-0.4, -0.2) is 59.4 Å². The number of ketones is 1. The molecule has 0 spiro atoms. The third-order valence-electron chi connectivity index (χ3n) is 6.72. The van der Waals surface area contributed by atoms with Gasteiger partial charge in [-0.3, -0.25) is 9.59 Å². The van der Waals surface area contributed by atoms with E-state index in [9.17, 15) is 14.7 Å². The summed E-state index contributed by atoms with van der Waals surface area (Å²) in [4.78, 5) is 30.2. The highest BCUT2D eigenvalue weighted by atomic mass is 16.5. The number of aliphatic hydroxyl groups excluding tert-OH is 1. The van der Waals surface area contributed by atoms with E-state index in [4.69, 9.17) is 4.74 Å². The molecule has 1 heterocycles. The van der Waals surface area contributed by atoms with Crippen LogP contribution in [0, 0.1) is 6.92 Å². The van der Waals surface area contributed by atoms with Crippen molar-refractivity contribution in [1.82, 2.24) is 9.80 Å². The second-order valence-electron chi connectivity index (χ2n) is 8.96. The Morgan fingerprint density at radius 1 is 1.00 bits per heavy atom. The number of aryl methyl sites for hydroxylation is 1. The minimum absolute atomic E-state index is 0.139. The van der Waals surface area contributed by atoms with Crippen LogP contribution in [0.5, 0.6) is 5.75 Å². The minimum atomic E-state index is -0.643. The lowest BCUT2D eigenvalue weighted by molar-refractivity contribution is -0.140. The maximum Gasteiger partial charge on any atom is 0.295 e. The monoisotopic (exact) mass is 478 g/mol. The van der Waals surface area contributed by atoms with Crippen molar-refractivity contribution in [3.8, 4) is 5.75 Å². The Morgan fingerprint density at radius 2 is 1.69 bits per heavy atom. The molecule has 3 rings (SSSR count). The number of amides is 1. The van der Waals surface area contributed by atoms with Crippen molar-refractivity contribution >= 4 is 17.4 Å². The quantitative estimate of drug-likeness (QED) is 0.193. The van der Waals surface area contributed by atoms with E-state index in [1.807, 2.05) is 31.2 Å². The third-order valence-corrected chi connectivity index (χ3v) is 6.72. The number of hydrogen-bond donors (Lipinski definition) is 1. The lowest BCUT2D eigenvalue weighted by atomic mass is 9.92. The molecule has 0 aliphatic carbocycles. The predicted octanol–water partition coefficient (Wildman–Crippen LogP) is 5.33.